The van der Waals surface area contributed by atoms with Gasteiger partial charge in [-0.2, -0.15) is 0 Å². The summed E-state index contributed by atoms with van der Waals surface area (Å²) in [5, 5.41) is 0. The first-order chi connectivity index (χ1) is 13.8. The number of nitrogens with zero attached hydrogens (tertiary/aromatic N) is 2. The highest BCUT2D eigenvalue weighted by Gasteiger charge is 2.45. The third-order valence-electron chi connectivity index (χ3n) is 6.33. The summed E-state index contributed by atoms with van der Waals surface area (Å²) in [6, 6.07) is 7.99. The molecule has 7 heteroatoms. The third-order valence-corrected chi connectivity index (χ3v) is 8.41. The summed E-state index contributed by atoms with van der Waals surface area (Å²) in [5.74, 6) is 1.33. The van der Waals surface area contributed by atoms with Gasteiger partial charge in [0.1, 0.15) is 11.4 Å². The highest BCUT2D eigenvalue weighted by Crippen LogP contribution is 2.46. The fourth-order valence-electron chi connectivity index (χ4n) is 4.71. The van der Waals surface area contributed by atoms with Crippen LogP contribution in [0.4, 0.5) is 0 Å². The monoisotopic (exact) mass is 422 g/mol. The summed E-state index contributed by atoms with van der Waals surface area (Å²) in [5.41, 5.74) is 0.709. The zero-order valence-electron chi connectivity index (χ0n) is 17.9. The summed E-state index contributed by atoms with van der Waals surface area (Å²) >= 11 is 0. The van der Waals surface area contributed by atoms with Crippen molar-refractivity contribution in [2.45, 2.75) is 64.4 Å². The SMILES string of the molecule is CCCS(=O)(=O)N1CCC2(CC1)C[C@H](CC(=O)N(CC)CC)c1ccccc1O2. The lowest BCUT2D eigenvalue weighted by atomic mass is 9.76. The highest BCUT2D eigenvalue weighted by atomic mass is 32.2. The van der Waals surface area contributed by atoms with Crippen molar-refractivity contribution < 1.29 is 17.9 Å². The Hall–Kier alpha value is -1.60. The Morgan fingerprint density at radius 3 is 2.45 bits per heavy atom. The second-order valence-corrected chi connectivity index (χ2v) is 10.3. The molecule has 1 atom stereocenters. The molecule has 2 aliphatic rings. The Bertz CT molecular complexity index is 812. The van der Waals surface area contributed by atoms with Gasteiger partial charge in [-0.25, -0.2) is 12.7 Å². The first-order valence-electron chi connectivity index (χ1n) is 10.9. The van der Waals surface area contributed by atoms with Crippen molar-refractivity contribution in [1.82, 2.24) is 9.21 Å². The van der Waals surface area contributed by atoms with Crippen LogP contribution in [-0.2, 0) is 14.8 Å². The molecular formula is C22H34N2O4S. The van der Waals surface area contributed by atoms with Crippen molar-refractivity contribution in [3.63, 3.8) is 0 Å². The minimum atomic E-state index is -3.18. The normalized spacial score (nSPS) is 21.4. The lowest BCUT2D eigenvalue weighted by molar-refractivity contribution is -0.131. The minimum absolute atomic E-state index is 0.104. The van der Waals surface area contributed by atoms with Crippen LogP contribution in [0.1, 0.15) is 64.4 Å². The molecule has 6 nitrogen and oxygen atoms in total. The molecule has 1 amide bonds. The van der Waals surface area contributed by atoms with Crippen molar-refractivity contribution in [3.05, 3.63) is 29.8 Å². The maximum Gasteiger partial charge on any atom is 0.223 e. The molecule has 1 saturated heterocycles. The average Bonchev–Trinajstić information content (AvgIpc) is 2.69. The van der Waals surface area contributed by atoms with E-state index >= 15 is 0 Å². The van der Waals surface area contributed by atoms with Gasteiger partial charge in [-0.3, -0.25) is 4.79 Å². The van der Waals surface area contributed by atoms with E-state index in [2.05, 4.69) is 6.07 Å². The topological polar surface area (TPSA) is 66.9 Å². The average molecular weight is 423 g/mol. The fraction of sp³-hybridized carbons (Fsp3) is 0.682. The number of benzene rings is 1. The molecule has 3 rings (SSSR count). The molecule has 0 aromatic heterocycles. The van der Waals surface area contributed by atoms with Gasteiger partial charge in [-0.15, -0.1) is 0 Å². The molecule has 0 N–H and O–H groups in total. The van der Waals surface area contributed by atoms with Gasteiger partial charge in [0, 0.05) is 51.4 Å². The number of para-hydroxylation sites is 1. The summed E-state index contributed by atoms with van der Waals surface area (Å²) in [7, 11) is -3.18. The number of amides is 1. The molecule has 29 heavy (non-hydrogen) atoms. The van der Waals surface area contributed by atoms with E-state index in [1.165, 1.54) is 0 Å². The Labute approximate surface area is 175 Å². The van der Waals surface area contributed by atoms with Crippen molar-refractivity contribution in [3.8, 4) is 5.75 Å². The second-order valence-electron chi connectivity index (χ2n) is 8.21. The summed E-state index contributed by atoms with van der Waals surface area (Å²) in [6.07, 6.45) is 3.20. The molecule has 0 unspecified atom stereocenters. The van der Waals surface area contributed by atoms with E-state index in [4.69, 9.17) is 4.74 Å². The number of rotatable bonds is 7. The molecule has 1 aromatic carbocycles. The molecule has 0 aliphatic carbocycles. The molecule has 0 saturated carbocycles. The van der Waals surface area contributed by atoms with Crippen molar-refractivity contribution in [1.29, 1.82) is 0 Å². The van der Waals surface area contributed by atoms with Crippen molar-refractivity contribution in [2.24, 2.45) is 0 Å². The fourth-order valence-corrected chi connectivity index (χ4v) is 6.22. The van der Waals surface area contributed by atoms with Gasteiger partial charge in [0.25, 0.3) is 0 Å². The van der Waals surface area contributed by atoms with Gasteiger partial charge in [0.2, 0.25) is 15.9 Å². The number of fused-ring (bicyclic) bond motifs is 1. The standard InChI is InChI=1S/C22H34N2O4S/c1-4-15-29(26,27)24-13-11-22(12-14-24)17-18(16-21(25)23(5-2)6-3)19-9-7-8-10-20(19)28-22/h7-10,18H,4-6,11-17H2,1-3H3/t18-/m0/s1. The number of hydrogen-bond acceptors (Lipinski definition) is 4. The van der Waals surface area contributed by atoms with E-state index in [1.54, 1.807) is 4.31 Å². The first kappa shape index (κ1) is 22.1. The number of carbonyl (C=O) groups excluding carboxylic acids is 1. The molecule has 0 bridgehead atoms. The van der Waals surface area contributed by atoms with Crippen LogP contribution in [0.15, 0.2) is 24.3 Å². The quantitative estimate of drug-likeness (QED) is 0.676. The van der Waals surface area contributed by atoms with Gasteiger partial charge < -0.3 is 9.64 Å². The first-order valence-corrected chi connectivity index (χ1v) is 12.5. The predicted molar refractivity (Wildman–Crippen MR) is 115 cm³/mol. The number of sulfonamides is 1. The van der Waals surface area contributed by atoms with E-state index < -0.39 is 10.0 Å². The van der Waals surface area contributed by atoms with E-state index in [0.717, 1.165) is 30.8 Å². The van der Waals surface area contributed by atoms with E-state index in [1.807, 2.05) is 43.9 Å². The molecule has 0 radical (unpaired) electrons. The maximum absolute atomic E-state index is 12.8. The second kappa shape index (κ2) is 9.04. The number of hydrogen-bond donors (Lipinski definition) is 0. The lowest BCUT2D eigenvalue weighted by Crippen LogP contribution is -2.52. The Kier molecular flexibility index (Phi) is 6.89. The third kappa shape index (κ3) is 4.77. The molecule has 2 aliphatic heterocycles. The molecule has 2 heterocycles. The van der Waals surface area contributed by atoms with E-state index in [-0.39, 0.29) is 23.2 Å². The Morgan fingerprint density at radius 2 is 1.83 bits per heavy atom. The molecule has 1 fully saturated rings. The predicted octanol–water partition coefficient (Wildman–Crippen LogP) is 3.39. The minimum Gasteiger partial charge on any atom is -0.487 e. The summed E-state index contributed by atoms with van der Waals surface area (Å²) < 4.78 is 33.0. The van der Waals surface area contributed by atoms with E-state index in [9.17, 15) is 13.2 Å². The van der Waals surface area contributed by atoms with Gasteiger partial charge >= 0.3 is 0 Å². The molecule has 1 aromatic rings. The van der Waals surface area contributed by atoms with Crippen LogP contribution in [0.5, 0.6) is 5.75 Å². The molecular weight excluding hydrogens is 388 g/mol. The smallest absolute Gasteiger partial charge is 0.223 e. The van der Waals surface area contributed by atoms with Crippen molar-refractivity contribution >= 4 is 15.9 Å². The van der Waals surface area contributed by atoms with Crippen LogP contribution in [0.25, 0.3) is 0 Å². The number of carbonyl (C=O) groups is 1. The van der Waals surface area contributed by atoms with Gasteiger partial charge in [0.05, 0.1) is 5.75 Å². The number of piperidine rings is 1. The Balaban J connectivity index is 1.78. The van der Waals surface area contributed by atoms with Gasteiger partial charge in [-0.05, 0) is 38.3 Å². The van der Waals surface area contributed by atoms with Gasteiger partial charge in [0.15, 0.2) is 0 Å². The largest absolute Gasteiger partial charge is 0.487 e. The summed E-state index contributed by atoms with van der Waals surface area (Å²) in [6.45, 7) is 8.32. The zero-order valence-corrected chi connectivity index (χ0v) is 18.7. The molecule has 162 valence electrons. The lowest BCUT2D eigenvalue weighted by Gasteiger charge is -2.46. The zero-order chi connectivity index (χ0) is 21.1. The maximum atomic E-state index is 12.8. The Morgan fingerprint density at radius 1 is 1.17 bits per heavy atom. The van der Waals surface area contributed by atoms with Crippen LogP contribution in [0.2, 0.25) is 0 Å². The van der Waals surface area contributed by atoms with Crippen LogP contribution in [0, 0.1) is 0 Å². The highest BCUT2D eigenvalue weighted by molar-refractivity contribution is 7.89. The van der Waals surface area contributed by atoms with E-state index in [0.29, 0.717) is 38.8 Å². The van der Waals surface area contributed by atoms with Crippen molar-refractivity contribution in [2.75, 3.05) is 31.9 Å². The van der Waals surface area contributed by atoms with Crippen LogP contribution >= 0.6 is 0 Å². The van der Waals surface area contributed by atoms with Gasteiger partial charge in [-0.1, -0.05) is 25.1 Å². The summed E-state index contributed by atoms with van der Waals surface area (Å²) in [4.78, 5) is 14.7. The molecule has 1 spiro atoms. The van der Waals surface area contributed by atoms with Crippen LogP contribution < -0.4 is 4.74 Å². The van der Waals surface area contributed by atoms with Crippen LogP contribution in [-0.4, -0.2) is 61.1 Å². The number of ether oxygens (including phenoxy) is 1. The van der Waals surface area contributed by atoms with Crippen LogP contribution in [0.3, 0.4) is 0 Å².